The molecule has 0 bridgehead atoms. The number of anilines is 2. The molecule has 2 heterocycles. The Morgan fingerprint density at radius 2 is 1.95 bits per heavy atom. The first-order valence-corrected chi connectivity index (χ1v) is 7.50. The number of benzene rings is 1. The van der Waals surface area contributed by atoms with Gasteiger partial charge in [-0.15, -0.1) is 0 Å². The standard InChI is InChI=1S/C17H20N4O/c1-14-4-2-6-16(12-14)20-8-10-21(11-9-20)17(22)19-15-5-3-7-18-13-15/h2-7,12-13H,8-11H2,1H3,(H,19,22). The van der Waals surface area contributed by atoms with E-state index < -0.39 is 0 Å². The average Bonchev–Trinajstić information content (AvgIpc) is 2.56. The molecule has 1 aromatic carbocycles. The molecule has 3 rings (SSSR count). The number of amides is 2. The first-order chi connectivity index (χ1) is 10.7. The Kier molecular flexibility index (Phi) is 4.23. The number of pyridine rings is 1. The van der Waals surface area contributed by atoms with Crippen LogP contribution in [0.25, 0.3) is 0 Å². The van der Waals surface area contributed by atoms with Crippen molar-refractivity contribution in [1.29, 1.82) is 0 Å². The molecule has 0 saturated carbocycles. The predicted octanol–water partition coefficient (Wildman–Crippen LogP) is 2.74. The van der Waals surface area contributed by atoms with Crippen molar-refractivity contribution in [1.82, 2.24) is 9.88 Å². The summed E-state index contributed by atoms with van der Waals surface area (Å²) in [4.78, 5) is 20.4. The lowest BCUT2D eigenvalue weighted by Crippen LogP contribution is -2.50. The highest BCUT2D eigenvalue weighted by Crippen LogP contribution is 2.18. The summed E-state index contributed by atoms with van der Waals surface area (Å²) < 4.78 is 0. The van der Waals surface area contributed by atoms with Gasteiger partial charge in [0.1, 0.15) is 0 Å². The molecule has 5 heteroatoms. The molecule has 1 fully saturated rings. The van der Waals surface area contributed by atoms with Gasteiger partial charge in [-0.25, -0.2) is 4.79 Å². The van der Waals surface area contributed by atoms with Crippen LogP contribution in [0.2, 0.25) is 0 Å². The SMILES string of the molecule is Cc1cccc(N2CCN(C(=O)Nc3cccnc3)CC2)c1. The van der Waals surface area contributed by atoms with Gasteiger partial charge in [0.15, 0.2) is 0 Å². The highest BCUT2D eigenvalue weighted by atomic mass is 16.2. The highest BCUT2D eigenvalue weighted by molar-refractivity contribution is 5.89. The summed E-state index contributed by atoms with van der Waals surface area (Å²) in [5.74, 6) is 0. The van der Waals surface area contributed by atoms with Crippen LogP contribution >= 0.6 is 0 Å². The van der Waals surface area contributed by atoms with Gasteiger partial charge >= 0.3 is 6.03 Å². The quantitative estimate of drug-likeness (QED) is 0.927. The Morgan fingerprint density at radius 1 is 1.14 bits per heavy atom. The molecule has 1 saturated heterocycles. The molecule has 114 valence electrons. The van der Waals surface area contributed by atoms with Crippen LogP contribution in [0.4, 0.5) is 16.2 Å². The maximum Gasteiger partial charge on any atom is 0.322 e. The van der Waals surface area contributed by atoms with Crippen molar-refractivity contribution < 1.29 is 4.79 Å². The molecule has 2 amide bonds. The Hall–Kier alpha value is -2.56. The van der Waals surface area contributed by atoms with Gasteiger partial charge in [0.25, 0.3) is 0 Å². The number of aryl methyl sites for hydroxylation is 1. The van der Waals surface area contributed by atoms with Crippen LogP contribution in [-0.4, -0.2) is 42.1 Å². The highest BCUT2D eigenvalue weighted by Gasteiger charge is 2.21. The molecule has 1 aliphatic heterocycles. The lowest BCUT2D eigenvalue weighted by Gasteiger charge is -2.36. The van der Waals surface area contributed by atoms with Gasteiger partial charge in [0.2, 0.25) is 0 Å². The van der Waals surface area contributed by atoms with Crippen molar-refractivity contribution in [2.24, 2.45) is 0 Å². The lowest BCUT2D eigenvalue weighted by atomic mass is 10.2. The number of carbonyl (C=O) groups excluding carboxylic acids is 1. The minimum Gasteiger partial charge on any atom is -0.368 e. The van der Waals surface area contributed by atoms with Gasteiger partial charge < -0.3 is 15.1 Å². The fraction of sp³-hybridized carbons (Fsp3) is 0.294. The normalized spacial score (nSPS) is 14.8. The number of carbonyl (C=O) groups is 1. The minimum absolute atomic E-state index is 0.0584. The Morgan fingerprint density at radius 3 is 2.64 bits per heavy atom. The minimum atomic E-state index is -0.0584. The third-order valence-electron chi connectivity index (χ3n) is 3.85. The first kappa shape index (κ1) is 14.4. The van der Waals surface area contributed by atoms with Crippen LogP contribution in [0.3, 0.4) is 0 Å². The molecule has 0 unspecified atom stereocenters. The molecule has 22 heavy (non-hydrogen) atoms. The summed E-state index contributed by atoms with van der Waals surface area (Å²) in [6.07, 6.45) is 3.34. The van der Waals surface area contributed by atoms with E-state index in [2.05, 4.69) is 46.4 Å². The fourth-order valence-corrected chi connectivity index (χ4v) is 2.63. The van der Waals surface area contributed by atoms with Crippen molar-refractivity contribution in [2.75, 3.05) is 36.4 Å². The van der Waals surface area contributed by atoms with E-state index in [9.17, 15) is 4.79 Å². The van der Waals surface area contributed by atoms with E-state index in [1.807, 2.05) is 17.0 Å². The second kappa shape index (κ2) is 6.47. The Balaban J connectivity index is 1.56. The molecule has 0 spiro atoms. The predicted molar refractivity (Wildman–Crippen MR) is 88.2 cm³/mol. The third-order valence-corrected chi connectivity index (χ3v) is 3.85. The number of hydrogen-bond donors (Lipinski definition) is 1. The fourth-order valence-electron chi connectivity index (χ4n) is 2.63. The number of urea groups is 1. The zero-order valence-electron chi connectivity index (χ0n) is 12.7. The number of nitrogens with zero attached hydrogens (tertiary/aromatic N) is 3. The van der Waals surface area contributed by atoms with Gasteiger partial charge in [-0.05, 0) is 36.8 Å². The number of rotatable bonds is 2. The van der Waals surface area contributed by atoms with E-state index in [-0.39, 0.29) is 6.03 Å². The number of piperazine rings is 1. The topological polar surface area (TPSA) is 48.5 Å². The number of hydrogen-bond acceptors (Lipinski definition) is 3. The van der Waals surface area contributed by atoms with Gasteiger partial charge in [0.05, 0.1) is 11.9 Å². The monoisotopic (exact) mass is 296 g/mol. The molecule has 0 radical (unpaired) electrons. The summed E-state index contributed by atoms with van der Waals surface area (Å²) >= 11 is 0. The molecule has 1 aromatic heterocycles. The van der Waals surface area contributed by atoms with Gasteiger partial charge in [-0.2, -0.15) is 0 Å². The van der Waals surface area contributed by atoms with E-state index in [1.165, 1.54) is 11.3 Å². The van der Waals surface area contributed by atoms with Crippen LogP contribution in [-0.2, 0) is 0 Å². The molecule has 1 N–H and O–H groups in total. The molecule has 1 aliphatic rings. The van der Waals surface area contributed by atoms with Crippen molar-refractivity contribution in [2.45, 2.75) is 6.92 Å². The van der Waals surface area contributed by atoms with E-state index in [0.717, 1.165) is 31.9 Å². The van der Waals surface area contributed by atoms with Crippen LogP contribution in [0.15, 0.2) is 48.8 Å². The third kappa shape index (κ3) is 3.36. The van der Waals surface area contributed by atoms with Gasteiger partial charge in [-0.3, -0.25) is 4.98 Å². The van der Waals surface area contributed by atoms with Crippen molar-refractivity contribution in [3.05, 3.63) is 54.4 Å². The zero-order chi connectivity index (χ0) is 15.4. The summed E-state index contributed by atoms with van der Waals surface area (Å²) in [7, 11) is 0. The van der Waals surface area contributed by atoms with E-state index >= 15 is 0 Å². The van der Waals surface area contributed by atoms with Gasteiger partial charge in [-0.1, -0.05) is 12.1 Å². The zero-order valence-corrected chi connectivity index (χ0v) is 12.7. The first-order valence-electron chi connectivity index (χ1n) is 7.50. The molecule has 0 atom stereocenters. The van der Waals surface area contributed by atoms with Crippen LogP contribution in [0.1, 0.15) is 5.56 Å². The van der Waals surface area contributed by atoms with Crippen LogP contribution < -0.4 is 10.2 Å². The van der Waals surface area contributed by atoms with Crippen molar-refractivity contribution in [3.8, 4) is 0 Å². The van der Waals surface area contributed by atoms with Crippen LogP contribution in [0.5, 0.6) is 0 Å². The summed E-state index contributed by atoms with van der Waals surface area (Å²) in [6.45, 7) is 5.25. The van der Waals surface area contributed by atoms with Crippen molar-refractivity contribution >= 4 is 17.4 Å². The average molecular weight is 296 g/mol. The summed E-state index contributed by atoms with van der Waals surface area (Å²) in [5, 5.41) is 2.88. The second-order valence-corrected chi connectivity index (χ2v) is 5.48. The Labute approximate surface area is 130 Å². The van der Waals surface area contributed by atoms with E-state index in [1.54, 1.807) is 12.4 Å². The molecular formula is C17H20N4O. The van der Waals surface area contributed by atoms with Gasteiger partial charge in [0, 0.05) is 38.1 Å². The molecule has 5 nitrogen and oxygen atoms in total. The summed E-state index contributed by atoms with van der Waals surface area (Å²) in [5.41, 5.74) is 3.22. The number of nitrogens with one attached hydrogen (secondary N) is 1. The second-order valence-electron chi connectivity index (χ2n) is 5.48. The maximum absolute atomic E-state index is 12.2. The number of aromatic nitrogens is 1. The van der Waals surface area contributed by atoms with E-state index in [4.69, 9.17) is 0 Å². The van der Waals surface area contributed by atoms with Crippen molar-refractivity contribution in [3.63, 3.8) is 0 Å². The molecular weight excluding hydrogens is 276 g/mol. The summed E-state index contributed by atoms with van der Waals surface area (Å²) in [6, 6.07) is 12.1. The van der Waals surface area contributed by atoms with Crippen LogP contribution in [0, 0.1) is 6.92 Å². The maximum atomic E-state index is 12.2. The Bertz CT molecular complexity index is 636. The smallest absolute Gasteiger partial charge is 0.322 e. The largest absolute Gasteiger partial charge is 0.368 e. The van der Waals surface area contributed by atoms with E-state index in [0.29, 0.717) is 0 Å². The lowest BCUT2D eigenvalue weighted by molar-refractivity contribution is 0.208. The molecule has 0 aliphatic carbocycles. The molecule has 2 aromatic rings.